The molecule has 2 atom stereocenters. The van der Waals surface area contributed by atoms with E-state index in [1.54, 1.807) is 7.11 Å². The van der Waals surface area contributed by atoms with Gasteiger partial charge in [0.2, 0.25) is 0 Å². The Hall–Kier alpha value is -1.10. The van der Waals surface area contributed by atoms with Gasteiger partial charge in [-0.05, 0) is 35.0 Å². The first-order valence-electron chi connectivity index (χ1n) is 5.76. The monoisotopic (exact) mass is 308 g/mol. The second kappa shape index (κ2) is 4.53. The van der Waals surface area contributed by atoms with E-state index >= 15 is 0 Å². The zero-order chi connectivity index (χ0) is 12.7. The summed E-state index contributed by atoms with van der Waals surface area (Å²) in [6, 6.07) is 10.2. The molecule has 1 saturated heterocycles. The third-order valence-electron chi connectivity index (χ3n) is 3.22. The number of benzene rings is 2. The molecule has 3 nitrogen and oxygen atoms in total. The Balaban J connectivity index is 2.11. The summed E-state index contributed by atoms with van der Waals surface area (Å²) in [7, 11) is 1.65. The molecule has 0 spiro atoms. The molecule has 4 heteroatoms. The van der Waals surface area contributed by atoms with Crippen LogP contribution in [-0.4, -0.2) is 24.9 Å². The van der Waals surface area contributed by atoms with Crippen molar-refractivity contribution in [3.8, 4) is 5.75 Å². The van der Waals surface area contributed by atoms with Crippen LogP contribution in [0.15, 0.2) is 34.8 Å². The average molecular weight is 309 g/mol. The molecule has 0 radical (unpaired) electrons. The standard InChI is InChI=1S/C14H13BrO3/c1-17-12-6-8-2-3-10(15)4-9(8)5-11(12)14-13(7-16)18-14/h2-6,13-14,16H,7H2,1H3/t13-,14-/m0/s1. The maximum atomic E-state index is 9.09. The van der Waals surface area contributed by atoms with Crippen molar-refractivity contribution in [2.45, 2.75) is 12.2 Å². The SMILES string of the molecule is COc1cc2ccc(Br)cc2cc1[C@@H]1O[C@H]1CO. The number of fused-ring (bicyclic) bond motifs is 1. The summed E-state index contributed by atoms with van der Waals surface area (Å²) in [6.45, 7) is 0.0460. The van der Waals surface area contributed by atoms with E-state index in [2.05, 4.69) is 28.1 Å². The molecule has 18 heavy (non-hydrogen) atoms. The van der Waals surface area contributed by atoms with Gasteiger partial charge in [-0.3, -0.25) is 0 Å². The van der Waals surface area contributed by atoms with E-state index in [9.17, 15) is 0 Å². The molecular formula is C14H13BrO3. The van der Waals surface area contributed by atoms with E-state index in [0.29, 0.717) is 0 Å². The van der Waals surface area contributed by atoms with E-state index in [0.717, 1.165) is 26.6 Å². The molecule has 2 aromatic carbocycles. The molecule has 0 saturated carbocycles. The topological polar surface area (TPSA) is 42.0 Å². The van der Waals surface area contributed by atoms with E-state index < -0.39 is 0 Å². The number of epoxide rings is 1. The minimum atomic E-state index is -0.0940. The first-order chi connectivity index (χ1) is 8.72. The maximum absolute atomic E-state index is 9.09. The highest BCUT2D eigenvalue weighted by molar-refractivity contribution is 9.10. The lowest BCUT2D eigenvalue weighted by Crippen LogP contribution is -1.97. The fraction of sp³-hybridized carbons (Fsp3) is 0.286. The number of aliphatic hydroxyl groups excluding tert-OH is 1. The number of aliphatic hydroxyl groups is 1. The lowest BCUT2D eigenvalue weighted by molar-refractivity contribution is 0.242. The van der Waals surface area contributed by atoms with Crippen LogP contribution in [0.25, 0.3) is 10.8 Å². The number of rotatable bonds is 3. The zero-order valence-corrected chi connectivity index (χ0v) is 11.5. The van der Waals surface area contributed by atoms with Crippen LogP contribution in [0.2, 0.25) is 0 Å². The van der Waals surface area contributed by atoms with Crippen LogP contribution in [0.3, 0.4) is 0 Å². The van der Waals surface area contributed by atoms with Crippen molar-refractivity contribution in [2.24, 2.45) is 0 Å². The highest BCUT2D eigenvalue weighted by Gasteiger charge is 2.41. The minimum Gasteiger partial charge on any atom is -0.496 e. The number of hydrogen-bond donors (Lipinski definition) is 1. The number of halogens is 1. The third-order valence-corrected chi connectivity index (χ3v) is 3.71. The van der Waals surface area contributed by atoms with Crippen molar-refractivity contribution in [1.29, 1.82) is 0 Å². The smallest absolute Gasteiger partial charge is 0.125 e. The van der Waals surface area contributed by atoms with Crippen LogP contribution in [0, 0.1) is 0 Å². The molecule has 1 aliphatic rings. The summed E-state index contributed by atoms with van der Waals surface area (Å²) >= 11 is 3.47. The molecule has 1 N–H and O–H groups in total. The van der Waals surface area contributed by atoms with Gasteiger partial charge in [0.15, 0.2) is 0 Å². The second-order valence-corrected chi connectivity index (χ2v) is 5.28. The Bertz CT molecular complexity index is 597. The van der Waals surface area contributed by atoms with E-state index in [-0.39, 0.29) is 18.8 Å². The largest absolute Gasteiger partial charge is 0.496 e. The molecule has 1 heterocycles. The molecule has 0 aliphatic carbocycles. The van der Waals surface area contributed by atoms with E-state index in [4.69, 9.17) is 14.6 Å². The Morgan fingerprint density at radius 1 is 1.28 bits per heavy atom. The van der Waals surface area contributed by atoms with Crippen LogP contribution in [0.4, 0.5) is 0 Å². The van der Waals surface area contributed by atoms with Gasteiger partial charge >= 0.3 is 0 Å². The first-order valence-corrected chi connectivity index (χ1v) is 6.55. The van der Waals surface area contributed by atoms with Crippen LogP contribution < -0.4 is 4.74 Å². The van der Waals surface area contributed by atoms with Gasteiger partial charge in [-0.25, -0.2) is 0 Å². The summed E-state index contributed by atoms with van der Waals surface area (Å²) in [5.74, 6) is 0.811. The molecule has 94 valence electrons. The Morgan fingerprint density at radius 2 is 2.11 bits per heavy atom. The van der Waals surface area contributed by atoms with Gasteiger partial charge in [-0.2, -0.15) is 0 Å². The molecule has 1 fully saturated rings. The predicted octanol–water partition coefficient (Wildman–Crippen LogP) is 3.04. The number of ether oxygens (including phenoxy) is 2. The number of methoxy groups -OCH3 is 1. The van der Waals surface area contributed by atoms with Gasteiger partial charge in [0.1, 0.15) is 18.0 Å². The molecule has 3 rings (SSSR count). The van der Waals surface area contributed by atoms with Gasteiger partial charge in [0, 0.05) is 10.0 Å². The molecular weight excluding hydrogens is 296 g/mol. The first kappa shape index (κ1) is 12.0. The predicted molar refractivity (Wildman–Crippen MR) is 72.9 cm³/mol. The van der Waals surface area contributed by atoms with Crippen molar-refractivity contribution in [3.05, 3.63) is 40.4 Å². The van der Waals surface area contributed by atoms with E-state index in [1.165, 1.54) is 0 Å². The van der Waals surface area contributed by atoms with Crippen LogP contribution >= 0.6 is 15.9 Å². The number of hydrogen-bond acceptors (Lipinski definition) is 3. The van der Waals surface area contributed by atoms with Gasteiger partial charge in [-0.15, -0.1) is 0 Å². The van der Waals surface area contributed by atoms with Crippen molar-refractivity contribution in [2.75, 3.05) is 13.7 Å². The highest BCUT2D eigenvalue weighted by atomic mass is 79.9. The molecule has 0 unspecified atom stereocenters. The Morgan fingerprint density at radius 3 is 2.78 bits per heavy atom. The van der Waals surface area contributed by atoms with Crippen molar-refractivity contribution < 1.29 is 14.6 Å². The maximum Gasteiger partial charge on any atom is 0.125 e. The van der Waals surface area contributed by atoms with Crippen molar-refractivity contribution in [1.82, 2.24) is 0 Å². The lowest BCUT2D eigenvalue weighted by Gasteiger charge is -2.09. The second-order valence-electron chi connectivity index (χ2n) is 4.36. The molecule has 1 aliphatic heterocycles. The Labute approximate surface area is 113 Å². The van der Waals surface area contributed by atoms with Gasteiger partial charge in [-0.1, -0.05) is 22.0 Å². The molecule has 0 bridgehead atoms. The van der Waals surface area contributed by atoms with Crippen LogP contribution in [0.5, 0.6) is 5.75 Å². The van der Waals surface area contributed by atoms with Crippen LogP contribution in [0.1, 0.15) is 11.7 Å². The fourth-order valence-electron chi connectivity index (χ4n) is 2.22. The summed E-state index contributed by atoms with van der Waals surface area (Å²) in [4.78, 5) is 0. The Kier molecular flexibility index (Phi) is 3.01. The summed E-state index contributed by atoms with van der Waals surface area (Å²) in [6.07, 6.45) is -0.142. The van der Waals surface area contributed by atoms with E-state index in [1.807, 2.05) is 18.2 Å². The summed E-state index contributed by atoms with van der Waals surface area (Å²) in [5, 5.41) is 11.3. The van der Waals surface area contributed by atoms with Gasteiger partial charge < -0.3 is 14.6 Å². The molecule has 0 aromatic heterocycles. The van der Waals surface area contributed by atoms with Crippen molar-refractivity contribution >= 4 is 26.7 Å². The fourth-order valence-corrected chi connectivity index (χ4v) is 2.60. The van der Waals surface area contributed by atoms with Gasteiger partial charge in [0.05, 0.1) is 13.7 Å². The van der Waals surface area contributed by atoms with Crippen LogP contribution in [-0.2, 0) is 4.74 Å². The zero-order valence-electron chi connectivity index (χ0n) is 9.89. The molecule has 0 amide bonds. The quantitative estimate of drug-likeness (QED) is 0.886. The summed E-state index contributed by atoms with van der Waals surface area (Å²) in [5.41, 5.74) is 1.00. The van der Waals surface area contributed by atoms with Gasteiger partial charge in [0.25, 0.3) is 0 Å². The highest BCUT2D eigenvalue weighted by Crippen LogP contribution is 2.44. The lowest BCUT2D eigenvalue weighted by atomic mass is 10.0. The summed E-state index contributed by atoms with van der Waals surface area (Å²) < 4.78 is 11.9. The third kappa shape index (κ3) is 2.00. The van der Waals surface area contributed by atoms with Crippen molar-refractivity contribution in [3.63, 3.8) is 0 Å². The molecule has 2 aromatic rings. The normalized spacial score (nSPS) is 22.2. The minimum absolute atomic E-state index is 0.0460. The average Bonchev–Trinajstić information content (AvgIpc) is 3.16.